The van der Waals surface area contributed by atoms with Gasteiger partial charge in [0.25, 0.3) is 0 Å². The number of esters is 1. The molecule has 64 valence electrons. The van der Waals surface area contributed by atoms with E-state index < -0.39 is 0 Å². The first-order chi connectivity index (χ1) is 5.15. The molecule has 0 aliphatic carbocycles. The molecule has 0 amide bonds. The average Bonchev–Trinajstić information content (AvgIpc) is 2.31. The van der Waals surface area contributed by atoms with Crippen molar-refractivity contribution in [1.29, 1.82) is 0 Å². The lowest BCUT2D eigenvalue weighted by molar-refractivity contribution is -0.144. The highest BCUT2D eigenvalue weighted by Gasteiger charge is 2.34. The molecule has 1 heterocycles. The first-order valence-electron chi connectivity index (χ1n) is 3.99. The molecule has 0 aromatic rings. The molecule has 0 spiro atoms. The van der Waals surface area contributed by atoms with Gasteiger partial charge in [0.1, 0.15) is 6.10 Å². The summed E-state index contributed by atoms with van der Waals surface area (Å²) in [5.74, 6) is 0.165. The van der Waals surface area contributed by atoms with Crippen LogP contribution in [0.4, 0.5) is 0 Å². The van der Waals surface area contributed by atoms with Crippen molar-refractivity contribution < 1.29 is 9.53 Å². The van der Waals surface area contributed by atoms with Crippen LogP contribution in [0.25, 0.3) is 0 Å². The number of ether oxygens (including phenoxy) is 1. The lowest BCUT2D eigenvalue weighted by atomic mass is 10.0. The zero-order valence-corrected chi connectivity index (χ0v) is 9.00. The lowest BCUT2D eigenvalue weighted by Crippen LogP contribution is -2.16. The molecule has 1 saturated heterocycles. The van der Waals surface area contributed by atoms with E-state index in [9.17, 15) is 4.79 Å². The Morgan fingerprint density at radius 1 is 1.82 bits per heavy atom. The van der Waals surface area contributed by atoms with Gasteiger partial charge in [-0.3, -0.25) is 4.79 Å². The first-order valence-corrected chi connectivity index (χ1v) is 5.24. The van der Waals surface area contributed by atoms with Crippen LogP contribution in [0.15, 0.2) is 0 Å². The summed E-state index contributed by atoms with van der Waals surface area (Å²) in [6.07, 6.45) is 1.99. The summed E-state index contributed by atoms with van der Waals surface area (Å²) in [5, 5.41) is 0. The number of rotatable bonds is 2. The maximum Gasteiger partial charge on any atom is 0.309 e. The second kappa shape index (κ2) is 3.74. The fourth-order valence-corrected chi connectivity index (χ4v) is 1.73. The highest BCUT2D eigenvalue weighted by Crippen LogP contribution is 2.28. The van der Waals surface area contributed by atoms with Crippen LogP contribution in [-0.2, 0) is 9.53 Å². The topological polar surface area (TPSA) is 26.3 Å². The van der Waals surface area contributed by atoms with E-state index in [0.29, 0.717) is 3.92 Å². The third-order valence-corrected chi connectivity index (χ3v) is 2.92. The van der Waals surface area contributed by atoms with E-state index >= 15 is 0 Å². The predicted octanol–water partition coefficient (Wildman–Crippen LogP) is 2.15. The fraction of sp³-hybridized carbons (Fsp3) is 0.875. The Balaban J connectivity index is 2.49. The minimum atomic E-state index is 0.000941. The molecule has 0 aromatic heterocycles. The molecule has 3 atom stereocenters. The number of halogens is 1. The Morgan fingerprint density at radius 3 is 2.73 bits per heavy atom. The van der Waals surface area contributed by atoms with E-state index in [4.69, 9.17) is 4.74 Å². The molecule has 1 aliphatic heterocycles. The molecule has 0 bridgehead atoms. The van der Waals surface area contributed by atoms with Gasteiger partial charge in [-0.2, -0.15) is 0 Å². The van der Waals surface area contributed by atoms with Crippen molar-refractivity contribution in [2.75, 3.05) is 0 Å². The highest BCUT2D eigenvalue weighted by atomic mass is 127. The predicted molar refractivity (Wildman–Crippen MR) is 51.8 cm³/mol. The minimum Gasteiger partial charge on any atom is -0.461 e. The van der Waals surface area contributed by atoms with Gasteiger partial charge >= 0.3 is 5.97 Å². The van der Waals surface area contributed by atoms with Crippen molar-refractivity contribution >= 4 is 28.6 Å². The summed E-state index contributed by atoms with van der Waals surface area (Å²) in [6.45, 7) is 4.11. The molecule has 1 aliphatic rings. The molecule has 11 heavy (non-hydrogen) atoms. The minimum absolute atomic E-state index is 0.000941. The highest BCUT2D eigenvalue weighted by molar-refractivity contribution is 14.1. The monoisotopic (exact) mass is 268 g/mol. The molecule has 1 rings (SSSR count). The molecule has 1 fully saturated rings. The molecule has 0 saturated carbocycles. The zero-order valence-electron chi connectivity index (χ0n) is 6.84. The lowest BCUT2D eigenvalue weighted by Gasteiger charge is -2.10. The van der Waals surface area contributed by atoms with Crippen LogP contribution < -0.4 is 0 Å². The normalized spacial score (nSPS) is 33.5. The Kier molecular flexibility index (Phi) is 3.16. The van der Waals surface area contributed by atoms with E-state index in [1.165, 1.54) is 0 Å². The van der Waals surface area contributed by atoms with Crippen molar-refractivity contribution in [3.8, 4) is 0 Å². The van der Waals surface area contributed by atoms with Gasteiger partial charge in [0.2, 0.25) is 0 Å². The second-order valence-electron chi connectivity index (χ2n) is 2.99. The van der Waals surface area contributed by atoms with Gasteiger partial charge in [0.05, 0.1) is 5.92 Å². The van der Waals surface area contributed by atoms with Crippen LogP contribution >= 0.6 is 22.6 Å². The Morgan fingerprint density at radius 2 is 2.45 bits per heavy atom. The number of hydrogen-bond acceptors (Lipinski definition) is 2. The number of alkyl halides is 1. The molecule has 0 radical (unpaired) electrons. The van der Waals surface area contributed by atoms with Gasteiger partial charge < -0.3 is 4.74 Å². The molecule has 2 nitrogen and oxygen atoms in total. The first kappa shape index (κ1) is 9.29. The summed E-state index contributed by atoms with van der Waals surface area (Å²) >= 11 is 2.30. The van der Waals surface area contributed by atoms with Crippen molar-refractivity contribution in [1.82, 2.24) is 0 Å². The zero-order chi connectivity index (χ0) is 8.43. The molecule has 3 heteroatoms. The summed E-state index contributed by atoms with van der Waals surface area (Å²) in [7, 11) is 0. The summed E-state index contributed by atoms with van der Waals surface area (Å²) in [6, 6.07) is 0. The summed E-state index contributed by atoms with van der Waals surface area (Å²) < 4.78 is 5.62. The van der Waals surface area contributed by atoms with E-state index in [1.54, 1.807) is 0 Å². The summed E-state index contributed by atoms with van der Waals surface area (Å²) in [4.78, 5) is 11.1. The van der Waals surface area contributed by atoms with Crippen molar-refractivity contribution in [2.24, 2.45) is 5.92 Å². The van der Waals surface area contributed by atoms with E-state index in [-0.39, 0.29) is 18.0 Å². The van der Waals surface area contributed by atoms with Crippen LogP contribution in [-0.4, -0.2) is 16.0 Å². The van der Waals surface area contributed by atoms with E-state index in [0.717, 1.165) is 12.8 Å². The van der Waals surface area contributed by atoms with Gasteiger partial charge in [-0.25, -0.2) is 0 Å². The van der Waals surface area contributed by atoms with Crippen LogP contribution in [0.2, 0.25) is 0 Å². The Labute approximate surface area is 80.8 Å². The third kappa shape index (κ3) is 2.07. The van der Waals surface area contributed by atoms with Crippen LogP contribution in [0.3, 0.4) is 0 Å². The van der Waals surface area contributed by atoms with Gasteiger partial charge in [0.15, 0.2) is 0 Å². The Bertz CT molecular complexity index is 156. The van der Waals surface area contributed by atoms with Crippen LogP contribution in [0.5, 0.6) is 0 Å². The average molecular weight is 268 g/mol. The molecule has 1 unspecified atom stereocenters. The maximum atomic E-state index is 11.1. The van der Waals surface area contributed by atoms with E-state index in [1.807, 2.05) is 6.92 Å². The van der Waals surface area contributed by atoms with Crippen molar-refractivity contribution in [3.63, 3.8) is 0 Å². The van der Waals surface area contributed by atoms with Gasteiger partial charge in [-0.1, -0.05) is 29.5 Å². The number of carbonyl (C=O) groups is 1. The van der Waals surface area contributed by atoms with Crippen LogP contribution in [0.1, 0.15) is 26.7 Å². The molecule has 0 aromatic carbocycles. The molecular formula is C8H13IO2. The number of cyclic esters (lactones) is 1. The quantitative estimate of drug-likeness (QED) is 0.436. The smallest absolute Gasteiger partial charge is 0.309 e. The molecule has 0 N–H and O–H groups in total. The molecular weight excluding hydrogens is 255 g/mol. The Hall–Kier alpha value is 0.200. The number of carbonyl (C=O) groups excluding carboxylic acids is 1. The number of hydrogen-bond donors (Lipinski definition) is 0. The van der Waals surface area contributed by atoms with Crippen LogP contribution in [0, 0.1) is 5.92 Å². The van der Waals surface area contributed by atoms with E-state index in [2.05, 4.69) is 29.5 Å². The fourth-order valence-electron chi connectivity index (χ4n) is 1.28. The summed E-state index contributed by atoms with van der Waals surface area (Å²) in [5.41, 5.74) is 0. The maximum absolute atomic E-state index is 11.1. The standard InChI is InChI=1S/C8H13IO2/c1-3-6-4-7(5(2)9)11-8(6)10/h5-7H,3-4H2,1-2H3/t5?,6-,7-/m1/s1. The van der Waals surface area contributed by atoms with Gasteiger partial charge in [0, 0.05) is 3.92 Å². The van der Waals surface area contributed by atoms with Crippen molar-refractivity contribution in [2.45, 2.75) is 36.7 Å². The largest absolute Gasteiger partial charge is 0.461 e. The third-order valence-electron chi connectivity index (χ3n) is 2.12. The van der Waals surface area contributed by atoms with Crippen molar-refractivity contribution in [3.05, 3.63) is 0 Å². The second-order valence-corrected chi connectivity index (χ2v) is 4.96. The van der Waals surface area contributed by atoms with Gasteiger partial charge in [-0.05, 0) is 19.8 Å². The SMILES string of the molecule is CC[C@@H]1C[C@H](C(C)I)OC1=O. The van der Waals surface area contributed by atoms with Gasteiger partial charge in [-0.15, -0.1) is 0 Å².